The third-order valence-corrected chi connectivity index (χ3v) is 8.74. The fourth-order valence-corrected chi connectivity index (χ4v) is 6.65. The Balaban J connectivity index is 1.27. The Bertz CT molecular complexity index is 1430. The number of hydrogen-bond donors (Lipinski definition) is 2. The summed E-state index contributed by atoms with van der Waals surface area (Å²) < 4.78 is 26.9. The van der Waals surface area contributed by atoms with E-state index in [9.17, 15) is 13.2 Å². The molecule has 0 spiro atoms. The summed E-state index contributed by atoms with van der Waals surface area (Å²) in [7, 11) is -3.96. The van der Waals surface area contributed by atoms with Crippen LogP contribution in [0.3, 0.4) is 0 Å². The second kappa shape index (κ2) is 10.7. The number of nitrogens with zero attached hydrogens (tertiary/aromatic N) is 3. The molecule has 0 radical (unpaired) electrons. The van der Waals surface area contributed by atoms with Gasteiger partial charge in [0, 0.05) is 40.9 Å². The number of nitrogens with two attached hydrogens (primary N) is 1. The van der Waals surface area contributed by atoms with Gasteiger partial charge in [0.15, 0.2) is 0 Å². The molecule has 1 aromatic carbocycles. The van der Waals surface area contributed by atoms with Crippen molar-refractivity contribution in [1.29, 1.82) is 0 Å². The molecule has 1 aliphatic carbocycles. The normalized spacial score (nSPS) is 19.3. The van der Waals surface area contributed by atoms with E-state index in [4.69, 9.17) is 20.9 Å². The second-order valence-electron chi connectivity index (χ2n) is 9.55. The summed E-state index contributed by atoms with van der Waals surface area (Å²) in [6.07, 6.45) is 6.21. The Labute approximate surface area is 225 Å². The number of hydrogen-bond acceptors (Lipinski definition) is 9. The minimum Gasteiger partial charge on any atom is -0.367 e. The van der Waals surface area contributed by atoms with E-state index in [0.29, 0.717) is 22.7 Å². The molecule has 0 unspecified atom stereocenters. The van der Waals surface area contributed by atoms with Crippen LogP contribution in [-0.4, -0.2) is 43.4 Å². The Kier molecular flexibility index (Phi) is 7.51. The number of rotatable bonds is 9. The van der Waals surface area contributed by atoms with Gasteiger partial charge in [0.05, 0.1) is 17.0 Å². The van der Waals surface area contributed by atoms with Gasteiger partial charge in [-0.15, -0.1) is 11.3 Å². The highest BCUT2D eigenvalue weighted by molar-refractivity contribution is 7.84. The van der Waals surface area contributed by atoms with Gasteiger partial charge < -0.3 is 10.2 Å². The van der Waals surface area contributed by atoms with Gasteiger partial charge in [0.1, 0.15) is 12.1 Å². The Morgan fingerprint density at radius 1 is 1.32 bits per heavy atom. The van der Waals surface area contributed by atoms with Gasteiger partial charge in [-0.3, -0.25) is 8.98 Å². The van der Waals surface area contributed by atoms with Gasteiger partial charge in [-0.25, -0.2) is 15.1 Å². The second-order valence-corrected chi connectivity index (χ2v) is 12.5. The van der Waals surface area contributed by atoms with Crippen LogP contribution in [0.4, 0.5) is 11.5 Å². The molecule has 0 amide bonds. The van der Waals surface area contributed by atoms with E-state index in [2.05, 4.69) is 26.3 Å². The maximum atomic E-state index is 13.5. The lowest BCUT2D eigenvalue weighted by Gasteiger charge is -2.19. The van der Waals surface area contributed by atoms with Crippen molar-refractivity contribution in [2.45, 2.75) is 45.2 Å². The minimum absolute atomic E-state index is 0.0416. The molecule has 1 fully saturated rings. The van der Waals surface area contributed by atoms with Crippen molar-refractivity contribution < 1.29 is 17.4 Å². The zero-order chi connectivity index (χ0) is 26.2. The third kappa shape index (κ3) is 6.12. The molecular weight excluding hydrogens is 534 g/mol. The van der Waals surface area contributed by atoms with Crippen molar-refractivity contribution in [3.63, 3.8) is 0 Å². The first-order chi connectivity index (χ1) is 17.7. The maximum absolute atomic E-state index is 13.5. The highest BCUT2D eigenvalue weighted by atomic mass is 35.5. The number of carbonyl (C=O) groups is 1. The van der Waals surface area contributed by atoms with Crippen molar-refractivity contribution in [3.05, 3.63) is 68.3 Å². The molecular formula is C25H28ClN5O4S2. The first-order valence-corrected chi connectivity index (χ1v) is 14.7. The Hall–Kier alpha value is -2.57. The van der Waals surface area contributed by atoms with E-state index in [1.807, 2.05) is 25.1 Å². The highest BCUT2D eigenvalue weighted by Gasteiger charge is 2.28. The summed E-state index contributed by atoms with van der Waals surface area (Å²) in [6.45, 7) is 3.74. The lowest BCUT2D eigenvalue weighted by Crippen LogP contribution is -2.22. The molecule has 5 rings (SSSR count). The molecule has 3 N–H and O–H groups in total. The minimum atomic E-state index is -3.96. The molecule has 2 aliphatic rings. The smallest absolute Gasteiger partial charge is 0.333 e. The molecule has 196 valence electrons. The summed E-state index contributed by atoms with van der Waals surface area (Å²) in [5.41, 5.74) is 3.98. The topological polar surface area (TPSA) is 128 Å². The summed E-state index contributed by atoms with van der Waals surface area (Å²) in [5, 5.41) is 9.05. The SMILES string of the molecule is Cc1sc(C(=O)c2cncnc2N[C@H]2CC[C@@H](COS(N)(=O)=O)C2)cc1CN1CCc2cc(Cl)ccc21. The zero-order valence-corrected chi connectivity index (χ0v) is 22.7. The van der Waals surface area contributed by atoms with Gasteiger partial charge >= 0.3 is 10.3 Å². The van der Waals surface area contributed by atoms with Crippen molar-refractivity contribution >= 4 is 50.5 Å². The maximum Gasteiger partial charge on any atom is 0.333 e. The molecule has 0 bridgehead atoms. The molecule has 3 aromatic rings. The number of aromatic nitrogens is 2. The molecule has 1 aliphatic heterocycles. The number of carbonyl (C=O) groups excluding carboxylic acids is 1. The summed E-state index contributed by atoms with van der Waals surface area (Å²) in [4.78, 5) is 26.0. The predicted octanol–water partition coefficient (Wildman–Crippen LogP) is 4.09. The fourth-order valence-electron chi connectivity index (χ4n) is 5.08. The number of ketones is 1. The molecule has 9 nitrogen and oxygen atoms in total. The van der Waals surface area contributed by atoms with Crippen LogP contribution in [-0.2, 0) is 27.5 Å². The monoisotopic (exact) mass is 561 g/mol. The van der Waals surface area contributed by atoms with E-state index in [-0.39, 0.29) is 24.3 Å². The first kappa shape index (κ1) is 26.1. The number of fused-ring (bicyclic) bond motifs is 1. The standard InChI is InChI=1S/C25H28ClN5O4S2/c1-15-18(12-31-7-6-17-9-19(26)3-5-22(17)31)10-23(36-15)24(32)21-11-28-14-29-25(21)30-20-4-2-16(8-20)13-35-37(27,33)34/h3,5,9-11,14,16,20H,2,4,6-8,12-13H2,1H3,(H2,27,33,34)(H,28,29,30)/t16-,20+/m1/s1. The molecule has 1 saturated carbocycles. The number of anilines is 2. The van der Waals surface area contributed by atoms with Crippen LogP contribution in [0.1, 0.15) is 50.5 Å². The predicted molar refractivity (Wildman–Crippen MR) is 145 cm³/mol. The zero-order valence-electron chi connectivity index (χ0n) is 20.3. The first-order valence-electron chi connectivity index (χ1n) is 12.1. The number of benzene rings is 1. The van der Waals surface area contributed by atoms with Crippen LogP contribution in [0.25, 0.3) is 0 Å². The third-order valence-electron chi connectivity index (χ3n) is 6.95. The molecule has 0 saturated heterocycles. The van der Waals surface area contributed by atoms with E-state index in [1.165, 1.54) is 28.9 Å². The van der Waals surface area contributed by atoms with Crippen LogP contribution in [0.2, 0.25) is 5.02 Å². The Morgan fingerprint density at radius 2 is 2.16 bits per heavy atom. The summed E-state index contributed by atoms with van der Waals surface area (Å²) >= 11 is 7.63. The average Bonchev–Trinajstić information content (AvgIpc) is 3.57. The van der Waals surface area contributed by atoms with Gasteiger partial charge in [-0.1, -0.05) is 11.6 Å². The van der Waals surface area contributed by atoms with Crippen LogP contribution in [0.15, 0.2) is 36.8 Å². The van der Waals surface area contributed by atoms with Crippen LogP contribution in [0.5, 0.6) is 0 Å². The van der Waals surface area contributed by atoms with E-state index in [0.717, 1.165) is 47.8 Å². The summed E-state index contributed by atoms with van der Waals surface area (Å²) in [5.74, 6) is 0.421. The van der Waals surface area contributed by atoms with Gasteiger partial charge in [-0.2, -0.15) is 8.42 Å². The van der Waals surface area contributed by atoms with Crippen molar-refractivity contribution in [1.82, 2.24) is 9.97 Å². The number of halogens is 1. The molecule has 2 aromatic heterocycles. The molecule has 12 heteroatoms. The van der Waals surface area contributed by atoms with Crippen LogP contribution < -0.4 is 15.4 Å². The number of aryl methyl sites for hydroxylation is 1. The van der Waals surface area contributed by atoms with Crippen molar-refractivity contribution in [2.75, 3.05) is 23.4 Å². The Morgan fingerprint density at radius 3 is 2.97 bits per heavy atom. The largest absolute Gasteiger partial charge is 0.367 e. The van der Waals surface area contributed by atoms with Gasteiger partial charge in [-0.05, 0) is 73.9 Å². The quantitative estimate of drug-likeness (QED) is 0.374. The van der Waals surface area contributed by atoms with Gasteiger partial charge in [0.2, 0.25) is 5.78 Å². The van der Waals surface area contributed by atoms with Crippen LogP contribution >= 0.6 is 22.9 Å². The average molecular weight is 562 g/mol. The van der Waals surface area contributed by atoms with E-state index >= 15 is 0 Å². The van der Waals surface area contributed by atoms with E-state index < -0.39 is 10.3 Å². The lowest BCUT2D eigenvalue weighted by atomic mass is 10.1. The van der Waals surface area contributed by atoms with Crippen molar-refractivity contribution in [3.8, 4) is 0 Å². The lowest BCUT2D eigenvalue weighted by molar-refractivity contribution is 0.104. The van der Waals surface area contributed by atoms with Crippen LogP contribution in [0, 0.1) is 12.8 Å². The molecule has 2 atom stereocenters. The molecule has 37 heavy (non-hydrogen) atoms. The number of thiophene rings is 1. The van der Waals surface area contributed by atoms with E-state index in [1.54, 1.807) is 6.20 Å². The van der Waals surface area contributed by atoms with Gasteiger partial charge in [0.25, 0.3) is 0 Å². The number of nitrogens with one attached hydrogen (secondary N) is 1. The highest BCUT2D eigenvalue weighted by Crippen LogP contribution is 2.34. The van der Waals surface area contributed by atoms with Crippen molar-refractivity contribution in [2.24, 2.45) is 11.1 Å². The summed E-state index contributed by atoms with van der Waals surface area (Å²) in [6, 6.07) is 8.02. The fraction of sp³-hybridized carbons (Fsp3) is 0.400. The molecule has 3 heterocycles.